The minimum atomic E-state index is 0.194. The van der Waals surface area contributed by atoms with Gasteiger partial charge in [0.15, 0.2) is 0 Å². The van der Waals surface area contributed by atoms with Crippen LogP contribution >= 0.6 is 11.3 Å². The van der Waals surface area contributed by atoms with Gasteiger partial charge in [-0.3, -0.25) is 4.79 Å². The van der Waals surface area contributed by atoms with E-state index in [1.54, 1.807) is 17.4 Å². The van der Waals surface area contributed by atoms with Crippen LogP contribution in [0.4, 0.5) is 5.88 Å². The fourth-order valence-corrected chi connectivity index (χ4v) is 3.38. The molecule has 3 rings (SSSR count). The highest BCUT2D eigenvalue weighted by Crippen LogP contribution is 2.24. The van der Waals surface area contributed by atoms with Crippen molar-refractivity contribution in [2.24, 2.45) is 0 Å². The van der Waals surface area contributed by atoms with Crippen molar-refractivity contribution in [1.29, 1.82) is 5.26 Å². The van der Waals surface area contributed by atoms with Gasteiger partial charge in [-0.25, -0.2) is 0 Å². The molecule has 2 aromatic rings. The van der Waals surface area contributed by atoms with Gasteiger partial charge in [0.1, 0.15) is 6.07 Å². The minimum Gasteiger partial charge on any atom is -0.420 e. The summed E-state index contributed by atoms with van der Waals surface area (Å²) in [7, 11) is 0. The highest BCUT2D eigenvalue weighted by atomic mass is 32.1. The maximum absolute atomic E-state index is 12.0. The van der Waals surface area contributed by atoms with Crippen LogP contribution in [0.2, 0.25) is 0 Å². The number of aromatic nitrogens is 1. The summed E-state index contributed by atoms with van der Waals surface area (Å²) in [6.45, 7) is 4.59. The first-order chi connectivity index (χ1) is 12.2. The van der Waals surface area contributed by atoms with Crippen molar-refractivity contribution in [3.05, 3.63) is 34.0 Å². The van der Waals surface area contributed by atoms with Gasteiger partial charge in [0.2, 0.25) is 23.4 Å². The number of piperazine rings is 1. The number of hydrogen-bond donors (Lipinski definition) is 0. The Kier molecular flexibility index (Phi) is 5.51. The van der Waals surface area contributed by atoms with Crippen LogP contribution in [0.15, 0.2) is 21.9 Å². The third kappa shape index (κ3) is 4.09. The molecule has 25 heavy (non-hydrogen) atoms. The molecule has 0 atom stereocenters. The van der Waals surface area contributed by atoms with E-state index in [9.17, 15) is 10.1 Å². The molecule has 130 valence electrons. The van der Waals surface area contributed by atoms with Gasteiger partial charge in [0.25, 0.3) is 0 Å². The van der Waals surface area contributed by atoms with Gasteiger partial charge in [0, 0.05) is 43.6 Å². The highest BCUT2D eigenvalue weighted by Gasteiger charge is 2.25. The van der Waals surface area contributed by atoms with E-state index in [2.05, 4.69) is 11.1 Å². The van der Waals surface area contributed by atoms with E-state index >= 15 is 0 Å². The molecule has 3 heterocycles. The van der Waals surface area contributed by atoms with Crippen molar-refractivity contribution in [2.45, 2.75) is 19.8 Å². The summed E-state index contributed by atoms with van der Waals surface area (Å²) in [4.78, 5) is 21.2. The second-order valence-electron chi connectivity index (χ2n) is 5.78. The van der Waals surface area contributed by atoms with Crippen LogP contribution in [-0.4, -0.2) is 42.0 Å². The van der Waals surface area contributed by atoms with Crippen LogP contribution in [0.1, 0.15) is 36.2 Å². The van der Waals surface area contributed by atoms with Gasteiger partial charge in [-0.2, -0.15) is 10.2 Å². The van der Waals surface area contributed by atoms with Gasteiger partial charge in [-0.05, 0) is 23.9 Å². The van der Waals surface area contributed by atoms with Crippen molar-refractivity contribution >= 4 is 35.3 Å². The van der Waals surface area contributed by atoms with Crippen molar-refractivity contribution in [1.82, 2.24) is 9.88 Å². The maximum atomic E-state index is 12.0. The molecule has 0 aliphatic carbocycles. The van der Waals surface area contributed by atoms with Gasteiger partial charge >= 0.3 is 0 Å². The number of amides is 1. The molecule has 1 aliphatic rings. The molecule has 2 aromatic heterocycles. The molecule has 0 N–H and O–H groups in total. The maximum Gasteiger partial charge on any atom is 0.235 e. The zero-order chi connectivity index (χ0) is 17.6. The highest BCUT2D eigenvalue weighted by molar-refractivity contribution is 7.10. The fraction of sp³-hybridized carbons (Fsp3) is 0.389. The van der Waals surface area contributed by atoms with Gasteiger partial charge in [-0.1, -0.05) is 13.0 Å². The van der Waals surface area contributed by atoms with Gasteiger partial charge < -0.3 is 14.2 Å². The van der Waals surface area contributed by atoms with Crippen LogP contribution in [0, 0.1) is 11.3 Å². The lowest BCUT2D eigenvalue weighted by atomic mass is 10.2. The van der Waals surface area contributed by atoms with E-state index < -0.39 is 0 Å². The van der Waals surface area contributed by atoms with Crippen molar-refractivity contribution in [2.75, 3.05) is 31.1 Å². The summed E-state index contributed by atoms with van der Waals surface area (Å²) in [6.07, 6.45) is 5.14. The van der Waals surface area contributed by atoms with E-state index in [-0.39, 0.29) is 5.91 Å². The van der Waals surface area contributed by atoms with Crippen LogP contribution in [0.3, 0.4) is 0 Å². The zero-order valence-electron chi connectivity index (χ0n) is 14.1. The molecule has 7 heteroatoms. The van der Waals surface area contributed by atoms with Crippen LogP contribution in [0.25, 0.3) is 12.2 Å². The Morgan fingerprint density at radius 2 is 2.20 bits per heavy atom. The third-order valence-corrected chi connectivity index (χ3v) is 4.89. The summed E-state index contributed by atoms with van der Waals surface area (Å²) in [5, 5.41) is 11.3. The normalized spacial score (nSPS) is 14.9. The zero-order valence-corrected chi connectivity index (χ0v) is 15.0. The number of anilines is 1. The Hall–Kier alpha value is -2.59. The lowest BCUT2D eigenvalue weighted by Crippen LogP contribution is -2.48. The van der Waals surface area contributed by atoms with E-state index in [0.717, 1.165) is 11.3 Å². The number of carbonyl (C=O) groups is 1. The van der Waals surface area contributed by atoms with E-state index in [1.807, 2.05) is 40.3 Å². The molecule has 1 fully saturated rings. The molecule has 1 amide bonds. The number of carbonyl (C=O) groups excluding carboxylic acids is 1. The first kappa shape index (κ1) is 17.2. The largest absolute Gasteiger partial charge is 0.420 e. The van der Waals surface area contributed by atoms with Crippen LogP contribution in [-0.2, 0) is 4.79 Å². The smallest absolute Gasteiger partial charge is 0.235 e. The van der Waals surface area contributed by atoms with Crippen molar-refractivity contribution < 1.29 is 9.21 Å². The summed E-state index contributed by atoms with van der Waals surface area (Å²) in [6, 6.07) is 6.08. The first-order valence-electron chi connectivity index (χ1n) is 8.36. The molecule has 0 spiro atoms. The topological polar surface area (TPSA) is 73.4 Å². The summed E-state index contributed by atoms with van der Waals surface area (Å²) >= 11 is 1.62. The number of nitriles is 1. The molecule has 1 saturated heterocycles. The van der Waals surface area contributed by atoms with Gasteiger partial charge in [-0.15, -0.1) is 11.3 Å². The molecular weight excluding hydrogens is 336 g/mol. The molecule has 6 nitrogen and oxygen atoms in total. The third-order valence-electron chi connectivity index (χ3n) is 4.05. The first-order valence-corrected chi connectivity index (χ1v) is 9.24. The minimum absolute atomic E-state index is 0.194. The Morgan fingerprint density at radius 1 is 1.40 bits per heavy atom. The Bertz CT molecular complexity index is 781. The summed E-state index contributed by atoms with van der Waals surface area (Å²) < 4.78 is 5.79. The van der Waals surface area contributed by atoms with E-state index in [4.69, 9.17) is 4.42 Å². The molecule has 0 unspecified atom stereocenters. The molecule has 0 saturated carbocycles. The number of nitrogens with zero attached hydrogens (tertiary/aromatic N) is 4. The predicted octanol–water partition coefficient (Wildman–Crippen LogP) is 3.23. The second-order valence-corrected chi connectivity index (χ2v) is 6.76. The molecule has 0 radical (unpaired) electrons. The standard InChI is InChI=1S/C18H20N4O2S/c1-2-4-17(23)21-8-10-22(11-9-21)18-15(13-19)20-16(24-18)7-6-14-5-3-12-25-14/h3,5-7,12H,2,4,8-11H2,1H3. The second kappa shape index (κ2) is 7.99. The number of oxazole rings is 1. The van der Waals surface area contributed by atoms with E-state index in [1.165, 1.54) is 0 Å². The van der Waals surface area contributed by atoms with Crippen molar-refractivity contribution in [3.8, 4) is 6.07 Å². The van der Waals surface area contributed by atoms with Crippen LogP contribution < -0.4 is 4.90 Å². The Morgan fingerprint density at radius 3 is 2.84 bits per heavy atom. The Labute approximate surface area is 151 Å². The monoisotopic (exact) mass is 356 g/mol. The fourth-order valence-electron chi connectivity index (χ4n) is 2.76. The molecule has 1 aliphatic heterocycles. The number of thiophene rings is 1. The average Bonchev–Trinajstić information content (AvgIpc) is 3.29. The van der Waals surface area contributed by atoms with E-state index in [0.29, 0.717) is 50.1 Å². The molecule has 0 aromatic carbocycles. The average molecular weight is 356 g/mol. The molecular formula is C18H20N4O2S. The SMILES string of the molecule is CCCC(=O)N1CCN(c2oc(C=Cc3cccs3)nc2C#N)CC1. The molecule has 0 bridgehead atoms. The van der Waals surface area contributed by atoms with Crippen molar-refractivity contribution in [3.63, 3.8) is 0 Å². The lowest BCUT2D eigenvalue weighted by molar-refractivity contribution is -0.131. The van der Waals surface area contributed by atoms with Crippen LogP contribution in [0.5, 0.6) is 0 Å². The number of rotatable bonds is 5. The summed E-state index contributed by atoms with van der Waals surface area (Å²) in [5.74, 6) is 1.11. The quantitative estimate of drug-likeness (QED) is 0.822. The number of hydrogen-bond acceptors (Lipinski definition) is 6. The summed E-state index contributed by atoms with van der Waals surface area (Å²) in [5.41, 5.74) is 0.291. The van der Waals surface area contributed by atoms with Gasteiger partial charge in [0.05, 0.1) is 0 Å². The Balaban J connectivity index is 1.68. The lowest BCUT2D eigenvalue weighted by Gasteiger charge is -2.34. The predicted molar refractivity (Wildman–Crippen MR) is 98.2 cm³/mol.